The predicted molar refractivity (Wildman–Crippen MR) is 181 cm³/mol. The maximum Gasteiger partial charge on any atom is 0.242 e. The molecule has 2 aliphatic carbocycles. The molecule has 246 valence electrons. The number of aryl methyl sites for hydroxylation is 2. The Bertz CT molecular complexity index is 2150. The molecule has 1 N–H and O–H groups in total. The number of thiophene rings is 1. The lowest BCUT2D eigenvalue weighted by Crippen LogP contribution is -2.48. The number of aromatic hydroxyl groups is 1. The van der Waals surface area contributed by atoms with Gasteiger partial charge in [0.05, 0.1) is 35.2 Å². The Hall–Kier alpha value is -4.48. The average molecular weight is 685 g/mol. The number of allylic oxidation sites excluding steroid dienone is 2. The number of phenols is 1. The molecule has 1 saturated carbocycles. The minimum absolute atomic E-state index is 0.0733. The number of methoxy groups -OCH3 is 1. The fourth-order valence-electron chi connectivity index (χ4n) is 8.85. The number of fused-ring (bicyclic) bond motifs is 5. The summed E-state index contributed by atoms with van der Waals surface area (Å²) in [6.07, 6.45) is 2.53. The molecular weight excluding hydrogens is 652 g/mol. The van der Waals surface area contributed by atoms with E-state index in [0.29, 0.717) is 34.3 Å². The third-order valence-corrected chi connectivity index (χ3v) is 12.8. The maximum absolute atomic E-state index is 14.9. The normalized spacial score (nSPS) is 28.2. The van der Waals surface area contributed by atoms with Gasteiger partial charge in [-0.2, -0.15) is 5.10 Å². The van der Waals surface area contributed by atoms with Gasteiger partial charge in [0, 0.05) is 47.4 Å². The lowest BCUT2D eigenvalue weighted by Gasteiger charge is -2.49. The molecule has 8 rings (SSSR count). The summed E-state index contributed by atoms with van der Waals surface area (Å²) in [6.45, 7) is 3.79. The number of phenolic OH excluding ortho intramolecular Hbond substituents is 1. The highest BCUT2D eigenvalue weighted by Gasteiger charge is 2.68. The molecule has 4 aliphatic rings. The van der Waals surface area contributed by atoms with E-state index in [0.717, 1.165) is 26.1 Å². The molecule has 2 aromatic carbocycles. The number of nitrogens with zero attached hydrogens (tertiary/aromatic N) is 4. The van der Waals surface area contributed by atoms with Gasteiger partial charge < -0.3 is 9.84 Å². The molecule has 10 nitrogen and oxygen atoms in total. The average Bonchev–Trinajstić information content (AvgIpc) is 3.72. The van der Waals surface area contributed by atoms with E-state index < -0.39 is 40.9 Å². The van der Waals surface area contributed by atoms with Crippen molar-refractivity contribution in [3.63, 3.8) is 0 Å². The van der Waals surface area contributed by atoms with Crippen molar-refractivity contribution in [2.75, 3.05) is 19.1 Å². The summed E-state index contributed by atoms with van der Waals surface area (Å²) in [5.41, 5.74) is 1.61. The first kappa shape index (κ1) is 30.8. The number of likely N-dealkylation sites (tertiary alicyclic amines) is 1. The Morgan fingerprint density at radius 2 is 1.79 bits per heavy atom. The van der Waals surface area contributed by atoms with Crippen molar-refractivity contribution in [3.8, 4) is 22.1 Å². The molecule has 2 saturated heterocycles. The van der Waals surface area contributed by atoms with Gasteiger partial charge in [-0.05, 0) is 67.8 Å². The molecule has 0 bridgehead atoms. The Balaban J connectivity index is 1.26. The largest absolute Gasteiger partial charge is 0.508 e. The molecular formula is C36H33ClN4O6S. The Morgan fingerprint density at radius 3 is 2.52 bits per heavy atom. The topological polar surface area (TPSA) is 122 Å². The molecule has 0 radical (unpaired) electrons. The highest BCUT2D eigenvalue weighted by Crippen LogP contribution is 2.64. The number of imide groups is 2. The zero-order valence-corrected chi connectivity index (χ0v) is 28.6. The predicted octanol–water partition coefficient (Wildman–Crippen LogP) is 5.84. The van der Waals surface area contributed by atoms with Crippen molar-refractivity contribution in [1.29, 1.82) is 0 Å². The first-order valence-electron chi connectivity index (χ1n) is 15.9. The van der Waals surface area contributed by atoms with Crippen LogP contribution >= 0.6 is 22.9 Å². The molecule has 12 heteroatoms. The number of carbonyl (C=O) groups excluding carboxylic acids is 4. The van der Waals surface area contributed by atoms with Crippen molar-refractivity contribution < 1.29 is 29.0 Å². The molecule has 4 heterocycles. The van der Waals surface area contributed by atoms with Crippen molar-refractivity contribution in [2.45, 2.75) is 32.6 Å². The van der Waals surface area contributed by atoms with Gasteiger partial charge in [-0.1, -0.05) is 29.3 Å². The molecule has 48 heavy (non-hydrogen) atoms. The van der Waals surface area contributed by atoms with Crippen LogP contribution in [0.2, 0.25) is 5.02 Å². The first-order valence-corrected chi connectivity index (χ1v) is 17.1. The third-order valence-electron chi connectivity index (χ3n) is 11.3. The maximum atomic E-state index is 14.9. The summed E-state index contributed by atoms with van der Waals surface area (Å²) in [4.78, 5) is 59.5. The second-order valence-corrected chi connectivity index (χ2v) is 15.0. The number of hydrogen-bond donors (Lipinski definition) is 1. The SMILES string of the molecule is COc1ccc([C@H]2C3=CC[C@@H]4C(=O)N(C)C(=O)[C@@H]4[C@@H]3C[C@H]3C(=O)N(c4cc(-c5sc6ccc(Cl)cc6c5C)nn4C)C(=O)[C@@]23C)c(O)c1. The van der Waals surface area contributed by atoms with E-state index in [9.17, 15) is 24.3 Å². The molecule has 0 spiro atoms. The minimum Gasteiger partial charge on any atom is -0.508 e. The number of hydrogen-bond acceptors (Lipinski definition) is 8. The lowest BCUT2D eigenvalue weighted by atomic mass is 9.51. The van der Waals surface area contributed by atoms with E-state index in [2.05, 4.69) is 0 Å². The zero-order valence-electron chi connectivity index (χ0n) is 27.0. The molecule has 4 aromatic rings. The van der Waals surface area contributed by atoms with Gasteiger partial charge in [-0.3, -0.25) is 28.8 Å². The highest BCUT2D eigenvalue weighted by atomic mass is 35.5. The van der Waals surface area contributed by atoms with Gasteiger partial charge in [-0.25, -0.2) is 4.90 Å². The van der Waals surface area contributed by atoms with Gasteiger partial charge in [0.15, 0.2) is 0 Å². The third kappa shape index (κ3) is 4.00. The molecule has 4 amide bonds. The van der Waals surface area contributed by atoms with E-state index in [-0.39, 0.29) is 29.9 Å². The van der Waals surface area contributed by atoms with Gasteiger partial charge in [0.2, 0.25) is 23.6 Å². The summed E-state index contributed by atoms with van der Waals surface area (Å²) in [5, 5.41) is 17.8. The fourth-order valence-corrected chi connectivity index (χ4v) is 10.2. The zero-order chi connectivity index (χ0) is 34.0. The number of aromatic nitrogens is 2. The van der Waals surface area contributed by atoms with E-state index in [1.54, 1.807) is 48.2 Å². The van der Waals surface area contributed by atoms with Gasteiger partial charge >= 0.3 is 0 Å². The fraction of sp³-hybridized carbons (Fsp3) is 0.361. The van der Waals surface area contributed by atoms with Crippen molar-refractivity contribution in [3.05, 3.63) is 70.3 Å². The van der Waals surface area contributed by atoms with Crippen LogP contribution in [0.15, 0.2) is 54.1 Å². The van der Waals surface area contributed by atoms with Crippen molar-refractivity contribution in [1.82, 2.24) is 14.7 Å². The number of halogens is 1. The molecule has 0 unspecified atom stereocenters. The van der Waals surface area contributed by atoms with Gasteiger partial charge in [0.1, 0.15) is 23.0 Å². The quantitative estimate of drug-likeness (QED) is 0.212. The van der Waals surface area contributed by atoms with Crippen LogP contribution in [-0.2, 0) is 26.2 Å². The summed E-state index contributed by atoms with van der Waals surface area (Å²) < 4.78 is 7.95. The van der Waals surface area contributed by atoms with Crippen LogP contribution < -0.4 is 9.64 Å². The van der Waals surface area contributed by atoms with Crippen LogP contribution in [0, 0.1) is 36.0 Å². The van der Waals surface area contributed by atoms with Gasteiger partial charge in [0.25, 0.3) is 0 Å². The second-order valence-electron chi connectivity index (χ2n) is 13.5. The second kappa shape index (κ2) is 10.5. The van der Waals surface area contributed by atoms with E-state index in [4.69, 9.17) is 21.4 Å². The summed E-state index contributed by atoms with van der Waals surface area (Å²) in [6, 6.07) is 12.4. The molecule has 3 fully saturated rings. The minimum atomic E-state index is -1.30. The Kier molecular flexibility index (Phi) is 6.75. The van der Waals surface area contributed by atoms with Crippen LogP contribution in [-0.4, -0.2) is 57.6 Å². The number of ether oxygens (including phenoxy) is 1. The molecule has 6 atom stereocenters. The van der Waals surface area contributed by atoms with Crippen LogP contribution in [0.4, 0.5) is 5.82 Å². The van der Waals surface area contributed by atoms with E-state index >= 15 is 0 Å². The van der Waals surface area contributed by atoms with Crippen molar-refractivity contribution >= 4 is 62.5 Å². The number of rotatable bonds is 4. The standard InChI is InChI=1S/C36H33ClN4O6S/c1-16-22-12-17(37)6-11-27(22)48-31(16)25-15-28(40(4)38-25)41-33(44)24-14-23-19(9-10-21-29(23)34(45)39(3)32(21)43)30(36(24,2)35(41)46)20-8-7-18(47-5)13-26(20)42/h6-9,11-13,15,21,23-24,29-30,42H,10,14H2,1-5H3/t21-,23+,24-,29-,30+,36+/m0/s1. The van der Waals surface area contributed by atoms with Crippen molar-refractivity contribution in [2.24, 2.45) is 36.1 Å². The molecule has 2 aliphatic heterocycles. The monoisotopic (exact) mass is 684 g/mol. The van der Waals surface area contributed by atoms with Crippen LogP contribution in [0.5, 0.6) is 11.5 Å². The van der Waals surface area contributed by atoms with E-state index in [1.165, 1.54) is 30.0 Å². The summed E-state index contributed by atoms with van der Waals surface area (Å²) in [5.74, 6) is -3.75. The number of carbonyl (C=O) groups is 4. The van der Waals surface area contributed by atoms with Crippen LogP contribution in [0.25, 0.3) is 20.7 Å². The molecule has 2 aromatic heterocycles. The summed E-state index contributed by atoms with van der Waals surface area (Å²) >= 11 is 7.85. The smallest absolute Gasteiger partial charge is 0.242 e. The Labute approximate surface area is 285 Å². The number of amides is 4. The number of benzene rings is 2. The highest BCUT2D eigenvalue weighted by molar-refractivity contribution is 7.22. The summed E-state index contributed by atoms with van der Waals surface area (Å²) in [7, 11) is 4.71. The lowest BCUT2D eigenvalue weighted by molar-refractivity contribution is -0.138. The first-order chi connectivity index (χ1) is 22.9. The van der Waals surface area contributed by atoms with Gasteiger partial charge in [-0.15, -0.1) is 11.3 Å². The van der Waals surface area contributed by atoms with Crippen LogP contribution in [0.3, 0.4) is 0 Å². The number of anilines is 1. The Morgan fingerprint density at radius 1 is 1.02 bits per heavy atom. The van der Waals surface area contributed by atoms with Crippen LogP contribution in [0.1, 0.15) is 36.8 Å². The van der Waals surface area contributed by atoms with E-state index in [1.807, 2.05) is 31.2 Å².